The summed E-state index contributed by atoms with van der Waals surface area (Å²) in [5.41, 5.74) is 2.20. The monoisotopic (exact) mass is 226 g/mol. The van der Waals surface area contributed by atoms with Crippen molar-refractivity contribution in [1.82, 2.24) is 5.32 Å². The van der Waals surface area contributed by atoms with Crippen LogP contribution < -0.4 is 5.32 Å². The minimum Gasteiger partial charge on any atom is -0.319 e. The van der Waals surface area contributed by atoms with Gasteiger partial charge in [-0.05, 0) is 44.0 Å². The van der Waals surface area contributed by atoms with Crippen LogP contribution in [-0.2, 0) is 5.41 Å². The highest BCUT2D eigenvalue weighted by atomic mass is 14.8. The molecule has 0 aliphatic heterocycles. The van der Waals surface area contributed by atoms with Gasteiger partial charge in [-0.1, -0.05) is 36.4 Å². The van der Waals surface area contributed by atoms with E-state index in [4.69, 9.17) is 0 Å². The number of hydrogen-bond donors (Lipinski definition) is 1. The molecule has 0 unspecified atom stereocenters. The molecular weight excluding hydrogens is 208 g/mol. The lowest BCUT2D eigenvalue weighted by Crippen LogP contribution is -2.05. The van der Waals surface area contributed by atoms with E-state index in [9.17, 15) is 5.26 Å². The number of benzene rings is 1. The van der Waals surface area contributed by atoms with Crippen LogP contribution in [0.5, 0.6) is 0 Å². The van der Waals surface area contributed by atoms with Crippen molar-refractivity contribution in [2.45, 2.75) is 24.7 Å². The van der Waals surface area contributed by atoms with E-state index >= 15 is 0 Å². The van der Waals surface area contributed by atoms with E-state index in [0.717, 1.165) is 25.8 Å². The highest BCUT2D eigenvalue weighted by molar-refractivity contribution is 5.53. The molecule has 1 fully saturated rings. The minimum atomic E-state index is -0.172. The molecule has 0 spiro atoms. The number of rotatable bonds is 5. The minimum absolute atomic E-state index is 0.172. The first-order valence-electron chi connectivity index (χ1n) is 6.14. The van der Waals surface area contributed by atoms with Crippen molar-refractivity contribution < 1.29 is 0 Å². The zero-order chi connectivity index (χ0) is 12.1. The van der Waals surface area contributed by atoms with E-state index in [1.165, 1.54) is 11.1 Å². The Morgan fingerprint density at radius 2 is 2.29 bits per heavy atom. The van der Waals surface area contributed by atoms with Crippen molar-refractivity contribution in [2.24, 2.45) is 0 Å². The summed E-state index contributed by atoms with van der Waals surface area (Å²) >= 11 is 0. The molecule has 1 aliphatic carbocycles. The van der Waals surface area contributed by atoms with Gasteiger partial charge in [-0.3, -0.25) is 0 Å². The van der Waals surface area contributed by atoms with Gasteiger partial charge in [0, 0.05) is 0 Å². The largest absolute Gasteiger partial charge is 0.319 e. The van der Waals surface area contributed by atoms with Crippen LogP contribution in [0.25, 0.3) is 6.08 Å². The van der Waals surface area contributed by atoms with Crippen LogP contribution in [-0.4, -0.2) is 13.6 Å². The standard InChI is InChI=1S/C15H18N2/c1-17-10-3-2-5-13-6-4-7-14(11-13)15(12-16)8-9-15/h2,4-7,11,17H,3,8-10H2,1H3. The van der Waals surface area contributed by atoms with Gasteiger partial charge in [-0.2, -0.15) is 5.26 Å². The van der Waals surface area contributed by atoms with Crippen LogP contribution >= 0.6 is 0 Å². The number of nitrogens with one attached hydrogen (secondary N) is 1. The Kier molecular flexibility index (Phi) is 3.61. The second kappa shape index (κ2) is 5.16. The molecule has 0 amide bonds. The number of nitriles is 1. The molecule has 0 radical (unpaired) electrons. The van der Waals surface area contributed by atoms with E-state index in [2.05, 4.69) is 41.7 Å². The van der Waals surface area contributed by atoms with Crippen LogP contribution in [0, 0.1) is 11.3 Å². The highest BCUT2D eigenvalue weighted by Crippen LogP contribution is 2.47. The second-order valence-corrected chi connectivity index (χ2v) is 4.61. The Morgan fingerprint density at radius 3 is 2.94 bits per heavy atom. The molecule has 1 saturated carbocycles. The molecular formula is C15H18N2. The van der Waals surface area contributed by atoms with Gasteiger partial charge < -0.3 is 5.32 Å². The van der Waals surface area contributed by atoms with Crippen molar-refractivity contribution in [3.63, 3.8) is 0 Å². The average molecular weight is 226 g/mol. The van der Waals surface area contributed by atoms with E-state index in [1.54, 1.807) is 0 Å². The molecule has 0 saturated heterocycles. The quantitative estimate of drug-likeness (QED) is 0.784. The SMILES string of the molecule is CNCCC=Cc1cccc(C2(C#N)CC2)c1. The predicted molar refractivity (Wildman–Crippen MR) is 70.5 cm³/mol. The van der Waals surface area contributed by atoms with E-state index in [-0.39, 0.29) is 5.41 Å². The van der Waals surface area contributed by atoms with Crippen LogP contribution in [0.4, 0.5) is 0 Å². The van der Waals surface area contributed by atoms with Gasteiger partial charge >= 0.3 is 0 Å². The normalized spacial score (nSPS) is 16.9. The van der Waals surface area contributed by atoms with Gasteiger partial charge in [0.05, 0.1) is 11.5 Å². The van der Waals surface area contributed by atoms with Gasteiger partial charge in [0.15, 0.2) is 0 Å². The van der Waals surface area contributed by atoms with Crippen LogP contribution in [0.1, 0.15) is 30.4 Å². The summed E-state index contributed by atoms with van der Waals surface area (Å²) in [6.07, 6.45) is 7.35. The van der Waals surface area contributed by atoms with Gasteiger partial charge in [0.1, 0.15) is 0 Å². The van der Waals surface area contributed by atoms with Gasteiger partial charge in [-0.15, -0.1) is 0 Å². The van der Waals surface area contributed by atoms with Crippen molar-refractivity contribution in [3.8, 4) is 6.07 Å². The smallest absolute Gasteiger partial charge is 0.0824 e. The predicted octanol–water partition coefficient (Wildman–Crippen LogP) is 2.86. The summed E-state index contributed by atoms with van der Waals surface area (Å²) in [7, 11) is 1.96. The van der Waals surface area contributed by atoms with Crippen molar-refractivity contribution in [1.29, 1.82) is 5.26 Å². The first-order chi connectivity index (χ1) is 8.30. The molecule has 1 aromatic carbocycles. The molecule has 0 heterocycles. The van der Waals surface area contributed by atoms with Crippen molar-refractivity contribution >= 4 is 6.08 Å². The fourth-order valence-electron chi connectivity index (χ4n) is 1.98. The number of nitrogens with zero attached hydrogens (tertiary/aromatic N) is 1. The van der Waals surface area contributed by atoms with Gasteiger partial charge in [0.25, 0.3) is 0 Å². The summed E-state index contributed by atoms with van der Waals surface area (Å²) < 4.78 is 0. The molecule has 1 aromatic rings. The molecule has 1 aliphatic rings. The van der Waals surface area contributed by atoms with Crippen LogP contribution in [0.3, 0.4) is 0 Å². The second-order valence-electron chi connectivity index (χ2n) is 4.61. The molecule has 1 N–H and O–H groups in total. The zero-order valence-corrected chi connectivity index (χ0v) is 10.2. The van der Waals surface area contributed by atoms with Gasteiger partial charge in [0.2, 0.25) is 0 Å². The Hall–Kier alpha value is -1.59. The maximum atomic E-state index is 9.17. The van der Waals surface area contributed by atoms with E-state index in [1.807, 2.05) is 13.1 Å². The Labute approximate surface area is 103 Å². The van der Waals surface area contributed by atoms with Crippen LogP contribution in [0.15, 0.2) is 30.3 Å². The van der Waals surface area contributed by atoms with E-state index in [0.29, 0.717) is 0 Å². The first-order valence-corrected chi connectivity index (χ1v) is 6.14. The summed E-state index contributed by atoms with van der Waals surface area (Å²) in [4.78, 5) is 0. The lowest BCUT2D eigenvalue weighted by atomic mass is 9.96. The summed E-state index contributed by atoms with van der Waals surface area (Å²) in [6.45, 7) is 0.998. The summed E-state index contributed by atoms with van der Waals surface area (Å²) in [6, 6.07) is 10.8. The Morgan fingerprint density at radius 1 is 1.47 bits per heavy atom. The summed E-state index contributed by atoms with van der Waals surface area (Å²) in [5, 5.41) is 12.3. The third-order valence-electron chi connectivity index (χ3n) is 3.27. The molecule has 2 nitrogen and oxygen atoms in total. The molecule has 0 bridgehead atoms. The third-order valence-corrected chi connectivity index (χ3v) is 3.27. The maximum Gasteiger partial charge on any atom is 0.0824 e. The molecule has 0 aromatic heterocycles. The molecule has 17 heavy (non-hydrogen) atoms. The molecule has 2 heteroatoms. The van der Waals surface area contributed by atoms with Gasteiger partial charge in [-0.25, -0.2) is 0 Å². The fraction of sp³-hybridized carbons (Fsp3) is 0.400. The van der Waals surface area contributed by atoms with Crippen molar-refractivity contribution in [3.05, 3.63) is 41.5 Å². The summed E-state index contributed by atoms with van der Waals surface area (Å²) in [5.74, 6) is 0. The fourth-order valence-corrected chi connectivity index (χ4v) is 1.98. The molecule has 0 atom stereocenters. The zero-order valence-electron chi connectivity index (χ0n) is 10.2. The third kappa shape index (κ3) is 2.75. The number of hydrogen-bond acceptors (Lipinski definition) is 2. The first kappa shape index (κ1) is 11.9. The lowest BCUT2D eigenvalue weighted by Gasteiger charge is -2.06. The highest BCUT2D eigenvalue weighted by Gasteiger charge is 2.44. The Bertz CT molecular complexity index is 450. The molecule has 2 rings (SSSR count). The topological polar surface area (TPSA) is 35.8 Å². The maximum absolute atomic E-state index is 9.17. The van der Waals surface area contributed by atoms with Crippen molar-refractivity contribution in [2.75, 3.05) is 13.6 Å². The van der Waals surface area contributed by atoms with E-state index < -0.39 is 0 Å². The van der Waals surface area contributed by atoms with Crippen LogP contribution in [0.2, 0.25) is 0 Å². The average Bonchev–Trinajstić information content (AvgIpc) is 3.16. The Balaban J connectivity index is 2.08. The molecule has 88 valence electrons. The lowest BCUT2D eigenvalue weighted by molar-refractivity contribution is 0.809.